The molecule has 0 spiro atoms. The van der Waals surface area contributed by atoms with Crippen LogP contribution < -0.4 is 0 Å². The molecular weight excluding hydrogens is 264 g/mol. The van der Waals surface area contributed by atoms with Gasteiger partial charge in [0.05, 0.1) is 5.69 Å². The topological polar surface area (TPSA) is 51.0 Å². The molecule has 21 heavy (non-hydrogen) atoms. The lowest BCUT2D eigenvalue weighted by molar-refractivity contribution is 0.175. The molecule has 0 unspecified atom stereocenters. The zero-order valence-corrected chi connectivity index (χ0v) is 12.3. The van der Waals surface area contributed by atoms with Gasteiger partial charge in [-0.3, -0.25) is 9.55 Å². The highest BCUT2D eigenvalue weighted by Crippen LogP contribution is 2.22. The van der Waals surface area contributed by atoms with Crippen molar-refractivity contribution >= 4 is 6.03 Å². The van der Waals surface area contributed by atoms with E-state index in [1.807, 2.05) is 24.1 Å². The molecule has 0 N–H and O–H groups in total. The summed E-state index contributed by atoms with van der Waals surface area (Å²) in [6.07, 6.45) is 12.8. The Morgan fingerprint density at radius 2 is 2.14 bits per heavy atom. The van der Waals surface area contributed by atoms with Gasteiger partial charge in [-0.15, -0.1) is 0 Å². The number of hydrogen-bond acceptors (Lipinski definition) is 3. The lowest BCUT2D eigenvalue weighted by Crippen LogP contribution is -2.40. The second kappa shape index (κ2) is 6.08. The predicted octanol–water partition coefficient (Wildman–Crippen LogP) is 3.18. The molecule has 1 fully saturated rings. The normalized spacial score (nSPS) is 15.9. The van der Waals surface area contributed by atoms with Crippen molar-refractivity contribution in [3.05, 3.63) is 37.1 Å². The summed E-state index contributed by atoms with van der Waals surface area (Å²) < 4.78 is 1.57. The number of aromatic nitrogens is 3. The van der Waals surface area contributed by atoms with Crippen molar-refractivity contribution in [2.45, 2.75) is 38.1 Å². The number of carbonyl (C=O) groups excluding carboxylic acids is 1. The third-order valence-electron chi connectivity index (χ3n) is 4.18. The number of imidazole rings is 1. The van der Waals surface area contributed by atoms with E-state index in [0.717, 1.165) is 24.1 Å². The molecule has 0 bridgehead atoms. The van der Waals surface area contributed by atoms with Crippen LogP contribution in [0.4, 0.5) is 4.79 Å². The van der Waals surface area contributed by atoms with Crippen molar-refractivity contribution in [3.63, 3.8) is 0 Å². The van der Waals surface area contributed by atoms with Gasteiger partial charge < -0.3 is 4.90 Å². The minimum Gasteiger partial charge on any atom is -0.324 e. The fourth-order valence-electron chi connectivity index (χ4n) is 2.90. The standard InChI is InChI=1S/C16H20N4O/c1-19(14-7-3-2-4-8-14)16(21)20-11-15(18-12-20)13-6-5-9-17-10-13/h5-6,9-12,14H,2-4,7-8H2,1H3. The molecule has 2 aromatic heterocycles. The van der Waals surface area contributed by atoms with E-state index in [1.165, 1.54) is 19.3 Å². The van der Waals surface area contributed by atoms with Crippen LogP contribution in [0.5, 0.6) is 0 Å². The molecule has 0 aliphatic heterocycles. The van der Waals surface area contributed by atoms with Crippen LogP contribution in [0.3, 0.4) is 0 Å². The van der Waals surface area contributed by atoms with Crippen LogP contribution in [0.25, 0.3) is 11.3 Å². The van der Waals surface area contributed by atoms with Crippen LogP contribution in [0.1, 0.15) is 32.1 Å². The number of hydrogen-bond donors (Lipinski definition) is 0. The van der Waals surface area contributed by atoms with Gasteiger partial charge in [-0.05, 0) is 25.0 Å². The summed E-state index contributed by atoms with van der Waals surface area (Å²) >= 11 is 0. The van der Waals surface area contributed by atoms with Gasteiger partial charge in [0.25, 0.3) is 0 Å². The second-order valence-corrected chi connectivity index (χ2v) is 5.59. The Hall–Kier alpha value is -2.17. The van der Waals surface area contributed by atoms with Crippen LogP contribution in [0, 0.1) is 0 Å². The minimum absolute atomic E-state index is 0.00968. The number of carbonyl (C=O) groups is 1. The zero-order chi connectivity index (χ0) is 14.7. The summed E-state index contributed by atoms with van der Waals surface area (Å²) in [4.78, 5) is 22.8. The van der Waals surface area contributed by atoms with Gasteiger partial charge in [-0.1, -0.05) is 19.3 Å². The molecule has 5 heteroatoms. The molecule has 1 aliphatic rings. The molecule has 2 aromatic rings. The number of amides is 1. The molecule has 1 aliphatic carbocycles. The maximum Gasteiger partial charge on any atom is 0.329 e. The Morgan fingerprint density at radius 3 is 2.86 bits per heavy atom. The van der Waals surface area contributed by atoms with Crippen LogP contribution in [-0.2, 0) is 0 Å². The molecule has 0 saturated heterocycles. The average molecular weight is 284 g/mol. The fourth-order valence-corrected chi connectivity index (χ4v) is 2.90. The van der Waals surface area contributed by atoms with E-state index < -0.39 is 0 Å². The lowest BCUT2D eigenvalue weighted by Gasteiger charge is -2.31. The molecule has 1 saturated carbocycles. The van der Waals surface area contributed by atoms with Crippen molar-refractivity contribution in [1.82, 2.24) is 19.4 Å². The van der Waals surface area contributed by atoms with E-state index in [2.05, 4.69) is 9.97 Å². The van der Waals surface area contributed by atoms with E-state index in [4.69, 9.17) is 0 Å². The summed E-state index contributed by atoms with van der Waals surface area (Å²) in [5, 5.41) is 0. The Balaban J connectivity index is 1.74. The number of nitrogens with zero attached hydrogens (tertiary/aromatic N) is 4. The van der Waals surface area contributed by atoms with E-state index in [-0.39, 0.29) is 6.03 Å². The molecule has 0 radical (unpaired) electrons. The lowest BCUT2D eigenvalue weighted by atomic mass is 9.95. The molecular formula is C16H20N4O. The molecule has 3 rings (SSSR count). The van der Waals surface area contributed by atoms with Crippen molar-refractivity contribution < 1.29 is 4.79 Å². The first kappa shape index (κ1) is 13.8. The Bertz CT molecular complexity index is 602. The smallest absolute Gasteiger partial charge is 0.324 e. The van der Waals surface area contributed by atoms with Crippen LogP contribution in [-0.4, -0.2) is 38.6 Å². The monoisotopic (exact) mass is 284 g/mol. The largest absolute Gasteiger partial charge is 0.329 e. The maximum absolute atomic E-state index is 12.5. The Kier molecular flexibility index (Phi) is 3.99. The van der Waals surface area contributed by atoms with Gasteiger partial charge in [0.2, 0.25) is 0 Å². The van der Waals surface area contributed by atoms with Crippen molar-refractivity contribution in [3.8, 4) is 11.3 Å². The fraction of sp³-hybridized carbons (Fsp3) is 0.438. The molecule has 110 valence electrons. The van der Waals surface area contributed by atoms with Gasteiger partial charge in [-0.2, -0.15) is 0 Å². The van der Waals surface area contributed by atoms with Crippen molar-refractivity contribution in [2.75, 3.05) is 7.05 Å². The first-order valence-electron chi connectivity index (χ1n) is 7.47. The highest BCUT2D eigenvalue weighted by Gasteiger charge is 2.23. The quantitative estimate of drug-likeness (QED) is 0.851. The Morgan fingerprint density at radius 1 is 1.33 bits per heavy atom. The minimum atomic E-state index is -0.00968. The summed E-state index contributed by atoms with van der Waals surface area (Å²) in [5.74, 6) is 0. The average Bonchev–Trinajstić information content (AvgIpc) is 3.05. The third-order valence-corrected chi connectivity index (χ3v) is 4.18. The predicted molar refractivity (Wildman–Crippen MR) is 80.9 cm³/mol. The van der Waals surface area contributed by atoms with Crippen molar-refractivity contribution in [2.24, 2.45) is 0 Å². The molecule has 2 heterocycles. The second-order valence-electron chi connectivity index (χ2n) is 5.59. The van der Waals surface area contributed by atoms with E-state index >= 15 is 0 Å². The first-order valence-corrected chi connectivity index (χ1v) is 7.47. The summed E-state index contributed by atoms with van der Waals surface area (Å²) in [6.45, 7) is 0. The SMILES string of the molecule is CN(C(=O)n1cnc(-c2cccnc2)c1)C1CCCCC1. The number of rotatable bonds is 2. The molecule has 5 nitrogen and oxygen atoms in total. The van der Waals surface area contributed by atoms with E-state index in [1.54, 1.807) is 29.5 Å². The van der Waals surface area contributed by atoms with E-state index in [9.17, 15) is 4.79 Å². The molecule has 0 aromatic carbocycles. The van der Waals surface area contributed by atoms with Crippen LogP contribution in [0.2, 0.25) is 0 Å². The van der Waals surface area contributed by atoms with Crippen molar-refractivity contribution in [1.29, 1.82) is 0 Å². The summed E-state index contributed by atoms with van der Waals surface area (Å²) in [6, 6.07) is 4.15. The van der Waals surface area contributed by atoms with E-state index in [0.29, 0.717) is 6.04 Å². The zero-order valence-electron chi connectivity index (χ0n) is 12.3. The Labute approximate surface area is 124 Å². The first-order chi connectivity index (χ1) is 10.3. The summed E-state index contributed by atoms with van der Waals surface area (Å²) in [7, 11) is 1.89. The maximum atomic E-state index is 12.5. The van der Waals surface area contributed by atoms with Gasteiger partial charge in [0.1, 0.15) is 6.33 Å². The summed E-state index contributed by atoms with van der Waals surface area (Å²) in [5.41, 5.74) is 1.69. The number of pyridine rings is 1. The van der Waals surface area contributed by atoms with Crippen LogP contribution in [0.15, 0.2) is 37.1 Å². The molecule has 1 amide bonds. The van der Waals surface area contributed by atoms with Crippen LogP contribution >= 0.6 is 0 Å². The van der Waals surface area contributed by atoms with Gasteiger partial charge in [0.15, 0.2) is 0 Å². The van der Waals surface area contributed by atoms with Gasteiger partial charge in [-0.25, -0.2) is 9.78 Å². The third kappa shape index (κ3) is 2.96. The highest BCUT2D eigenvalue weighted by atomic mass is 16.2. The van der Waals surface area contributed by atoms with Gasteiger partial charge >= 0.3 is 6.03 Å². The van der Waals surface area contributed by atoms with Gasteiger partial charge in [0, 0.05) is 37.2 Å². The molecule has 0 atom stereocenters. The highest BCUT2D eigenvalue weighted by molar-refractivity contribution is 5.78.